The summed E-state index contributed by atoms with van der Waals surface area (Å²) in [5.41, 5.74) is 1.47. The van der Waals surface area contributed by atoms with E-state index in [0.29, 0.717) is 5.56 Å². The molecule has 3 heterocycles. The van der Waals surface area contributed by atoms with E-state index < -0.39 is 23.9 Å². The Morgan fingerprint density at radius 3 is 2.66 bits per heavy atom. The van der Waals surface area contributed by atoms with Gasteiger partial charge in [-0.2, -0.15) is 0 Å². The second-order valence-corrected chi connectivity index (χ2v) is 9.35. The van der Waals surface area contributed by atoms with E-state index in [4.69, 9.17) is 4.74 Å². The van der Waals surface area contributed by atoms with E-state index in [2.05, 4.69) is 21.8 Å². The maximum absolute atomic E-state index is 14.2. The molecule has 8 nitrogen and oxygen atoms in total. The summed E-state index contributed by atoms with van der Waals surface area (Å²) < 4.78 is 20.5. The van der Waals surface area contributed by atoms with Crippen LogP contribution in [-0.2, 0) is 0 Å². The van der Waals surface area contributed by atoms with Gasteiger partial charge in [0, 0.05) is 49.2 Å². The van der Waals surface area contributed by atoms with Gasteiger partial charge in [0.25, 0.3) is 11.8 Å². The first-order chi connectivity index (χ1) is 18.3. The molecule has 0 saturated carbocycles. The molecule has 0 unspecified atom stereocenters. The Bertz CT molecular complexity index is 1370. The van der Waals surface area contributed by atoms with Crippen LogP contribution in [0.5, 0.6) is 5.88 Å². The summed E-state index contributed by atoms with van der Waals surface area (Å²) in [6.07, 6.45) is 4.25. The molecule has 2 aromatic heterocycles. The molecule has 0 aliphatic carbocycles. The van der Waals surface area contributed by atoms with E-state index in [1.807, 2.05) is 6.92 Å². The monoisotopic (exact) mass is 516 g/mol. The molecule has 1 aromatic carbocycles. The third-order valence-corrected chi connectivity index (χ3v) is 6.46. The molecule has 3 aromatic rings. The number of rotatable bonds is 5. The van der Waals surface area contributed by atoms with Crippen LogP contribution in [0.25, 0.3) is 0 Å². The van der Waals surface area contributed by atoms with Crippen LogP contribution >= 0.6 is 0 Å². The summed E-state index contributed by atoms with van der Waals surface area (Å²) in [4.78, 5) is 37.9. The second-order valence-electron chi connectivity index (χ2n) is 9.35. The van der Waals surface area contributed by atoms with Gasteiger partial charge in [0.15, 0.2) is 0 Å². The number of pyridine rings is 2. The summed E-state index contributed by atoms with van der Waals surface area (Å²) in [5, 5.41) is 9.85. The number of aliphatic hydroxyl groups is 1. The standard InChI is InChI=1S/C29H29FN4O4/c1-19-16-34(20(2)18-35)29(37)24-14-22(9-8-21-10-12-31-13-11-21)15-32-27(24)38-26(19)17-33(3)28(36)23-6-4-5-7-25(23)30/h4-7,10-15,19-20,26,35H,16-18H2,1-3H3/t19-,20+,26-/m1/s1. The normalized spacial score (nSPS) is 17.7. The highest BCUT2D eigenvalue weighted by Gasteiger charge is 2.35. The average Bonchev–Trinajstić information content (AvgIpc) is 2.93. The van der Waals surface area contributed by atoms with Crippen molar-refractivity contribution in [3.05, 3.63) is 89.1 Å². The Balaban J connectivity index is 1.66. The van der Waals surface area contributed by atoms with Gasteiger partial charge in [0.05, 0.1) is 24.8 Å². The Morgan fingerprint density at radius 2 is 1.95 bits per heavy atom. The van der Waals surface area contributed by atoms with Crippen molar-refractivity contribution in [2.75, 3.05) is 26.7 Å². The minimum absolute atomic E-state index is 0.0323. The molecule has 2 amide bonds. The average molecular weight is 517 g/mol. The molecular weight excluding hydrogens is 487 g/mol. The van der Waals surface area contributed by atoms with Gasteiger partial charge in [-0.15, -0.1) is 0 Å². The first-order valence-electron chi connectivity index (χ1n) is 12.3. The number of hydrogen-bond acceptors (Lipinski definition) is 6. The number of aliphatic hydroxyl groups excluding tert-OH is 1. The number of carbonyl (C=O) groups is 2. The van der Waals surface area contributed by atoms with E-state index >= 15 is 0 Å². The van der Waals surface area contributed by atoms with Crippen LogP contribution in [0, 0.1) is 23.6 Å². The molecule has 1 aliphatic heterocycles. The predicted octanol–water partition coefficient (Wildman–Crippen LogP) is 3.01. The Kier molecular flexibility index (Phi) is 8.34. The molecule has 3 atom stereocenters. The lowest BCUT2D eigenvalue weighted by molar-refractivity contribution is 0.0312. The Hall–Kier alpha value is -4.29. The largest absolute Gasteiger partial charge is 0.472 e. The van der Waals surface area contributed by atoms with Gasteiger partial charge in [0.2, 0.25) is 5.88 Å². The van der Waals surface area contributed by atoms with Crippen LogP contribution in [0.15, 0.2) is 61.1 Å². The molecule has 4 rings (SSSR count). The Labute approximate surface area is 221 Å². The molecule has 0 spiro atoms. The van der Waals surface area contributed by atoms with Crippen LogP contribution < -0.4 is 4.74 Å². The van der Waals surface area contributed by atoms with E-state index in [0.717, 1.165) is 5.56 Å². The van der Waals surface area contributed by atoms with Crippen LogP contribution in [-0.4, -0.2) is 75.6 Å². The maximum Gasteiger partial charge on any atom is 0.259 e. The first-order valence-corrected chi connectivity index (χ1v) is 12.3. The number of carbonyl (C=O) groups excluding carboxylic acids is 2. The highest BCUT2D eigenvalue weighted by molar-refractivity contribution is 5.97. The number of fused-ring (bicyclic) bond motifs is 1. The topological polar surface area (TPSA) is 95.9 Å². The highest BCUT2D eigenvalue weighted by Crippen LogP contribution is 2.27. The number of hydrogen-bond donors (Lipinski definition) is 1. The minimum atomic E-state index is -0.600. The van der Waals surface area contributed by atoms with Crippen LogP contribution in [0.2, 0.25) is 0 Å². The lowest BCUT2D eigenvalue weighted by Gasteiger charge is -2.37. The zero-order chi connectivity index (χ0) is 27.2. The van der Waals surface area contributed by atoms with Gasteiger partial charge < -0.3 is 19.6 Å². The lowest BCUT2D eigenvalue weighted by Crippen LogP contribution is -2.50. The Morgan fingerprint density at radius 1 is 1.24 bits per heavy atom. The highest BCUT2D eigenvalue weighted by atomic mass is 19.1. The van der Waals surface area contributed by atoms with Crippen LogP contribution in [0.4, 0.5) is 4.39 Å². The van der Waals surface area contributed by atoms with E-state index in [1.165, 1.54) is 29.3 Å². The zero-order valence-electron chi connectivity index (χ0n) is 21.5. The van der Waals surface area contributed by atoms with Crippen LogP contribution in [0.1, 0.15) is 45.7 Å². The fourth-order valence-corrected chi connectivity index (χ4v) is 4.16. The van der Waals surface area contributed by atoms with E-state index in [9.17, 15) is 19.1 Å². The smallest absolute Gasteiger partial charge is 0.259 e. The van der Waals surface area contributed by atoms with Crippen molar-refractivity contribution in [2.24, 2.45) is 5.92 Å². The molecular formula is C29H29FN4O4. The van der Waals surface area contributed by atoms with Gasteiger partial charge in [-0.05, 0) is 37.3 Å². The number of nitrogens with zero attached hydrogens (tertiary/aromatic N) is 4. The summed E-state index contributed by atoms with van der Waals surface area (Å²) in [6, 6.07) is 10.5. The molecule has 9 heteroatoms. The fourth-order valence-electron chi connectivity index (χ4n) is 4.16. The SMILES string of the molecule is C[C@@H]1CN([C@@H](C)CO)C(=O)c2cc(C#Cc3ccncc3)cnc2O[C@@H]1CN(C)C(=O)c1ccccc1F. The molecule has 0 bridgehead atoms. The molecule has 196 valence electrons. The first kappa shape index (κ1) is 26.8. The van der Waals surface area contributed by atoms with Crippen molar-refractivity contribution < 1.29 is 23.8 Å². The van der Waals surface area contributed by atoms with Crippen molar-refractivity contribution in [1.29, 1.82) is 0 Å². The predicted molar refractivity (Wildman–Crippen MR) is 139 cm³/mol. The summed E-state index contributed by atoms with van der Waals surface area (Å²) in [7, 11) is 1.58. The summed E-state index contributed by atoms with van der Waals surface area (Å²) >= 11 is 0. The molecule has 1 aliphatic rings. The number of benzene rings is 1. The number of ether oxygens (including phenoxy) is 1. The summed E-state index contributed by atoms with van der Waals surface area (Å²) in [5.74, 6) is 4.50. The second kappa shape index (κ2) is 11.8. The zero-order valence-corrected chi connectivity index (χ0v) is 21.5. The third-order valence-electron chi connectivity index (χ3n) is 6.46. The molecule has 38 heavy (non-hydrogen) atoms. The molecule has 0 radical (unpaired) electrons. The van der Waals surface area contributed by atoms with E-state index in [1.54, 1.807) is 55.5 Å². The van der Waals surface area contributed by atoms with Crippen molar-refractivity contribution in [2.45, 2.75) is 26.0 Å². The molecule has 0 saturated heterocycles. The molecule has 0 fully saturated rings. The van der Waals surface area contributed by atoms with Gasteiger partial charge in [-0.3, -0.25) is 14.6 Å². The van der Waals surface area contributed by atoms with Gasteiger partial charge in [0.1, 0.15) is 17.5 Å². The quantitative estimate of drug-likeness (QED) is 0.524. The van der Waals surface area contributed by atoms with Gasteiger partial charge in [-0.25, -0.2) is 9.37 Å². The van der Waals surface area contributed by atoms with Crippen LogP contribution in [0.3, 0.4) is 0 Å². The number of aromatic nitrogens is 2. The van der Waals surface area contributed by atoms with Crippen molar-refractivity contribution in [3.8, 4) is 17.7 Å². The summed E-state index contributed by atoms with van der Waals surface area (Å²) in [6.45, 7) is 3.85. The maximum atomic E-state index is 14.2. The molecule has 1 N–H and O–H groups in total. The minimum Gasteiger partial charge on any atom is -0.472 e. The van der Waals surface area contributed by atoms with Crippen molar-refractivity contribution in [1.82, 2.24) is 19.8 Å². The number of amides is 2. The van der Waals surface area contributed by atoms with Gasteiger partial charge in [-0.1, -0.05) is 30.9 Å². The van der Waals surface area contributed by atoms with Crippen molar-refractivity contribution in [3.63, 3.8) is 0 Å². The number of halogens is 1. The van der Waals surface area contributed by atoms with E-state index in [-0.39, 0.29) is 48.5 Å². The third kappa shape index (κ3) is 5.98. The van der Waals surface area contributed by atoms with Gasteiger partial charge >= 0.3 is 0 Å². The number of likely N-dealkylation sites (N-methyl/N-ethyl adjacent to an activating group) is 1. The lowest BCUT2D eigenvalue weighted by atomic mass is 9.99. The fraction of sp³-hybridized carbons (Fsp3) is 0.310. The van der Waals surface area contributed by atoms with Crippen molar-refractivity contribution >= 4 is 11.8 Å².